The van der Waals surface area contributed by atoms with Crippen molar-refractivity contribution < 1.29 is 18.8 Å². The number of likely N-dealkylation sites (tertiary alicyclic amines) is 1. The van der Waals surface area contributed by atoms with Gasteiger partial charge in [-0.05, 0) is 43.1 Å². The Bertz CT molecular complexity index is 632. The van der Waals surface area contributed by atoms with Crippen LogP contribution in [0.4, 0.5) is 4.39 Å². The molecule has 1 aromatic carbocycles. The van der Waals surface area contributed by atoms with Crippen LogP contribution in [-0.2, 0) is 13.2 Å². The van der Waals surface area contributed by atoms with Crippen LogP contribution in [0.3, 0.4) is 0 Å². The molecule has 124 valence electrons. The third kappa shape index (κ3) is 4.27. The van der Waals surface area contributed by atoms with Gasteiger partial charge in [-0.25, -0.2) is 4.39 Å². The number of benzene rings is 1. The largest absolute Gasteiger partial charge is 0.485 e. The molecule has 1 saturated heterocycles. The molecule has 0 spiro atoms. The first-order valence-corrected chi connectivity index (χ1v) is 7.70. The molecule has 0 radical (unpaired) electrons. The molecular weight excluding hydrogens is 301 g/mol. The smallest absolute Gasteiger partial charge is 0.240 e. The van der Waals surface area contributed by atoms with Gasteiger partial charge in [-0.1, -0.05) is 12.1 Å². The van der Waals surface area contributed by atoms with Gasteiger partial charge in [0.05, 0.1) is 12.6 Å². The van der Waals surface area contributed by atoms with E-state index in [2.05, 4.69) is 22.0 Å². The van der Waals surface area contributed by atoms with Crippen molar-refractivity contribution in [2.24, 2.45) is 5.92 Å². The van der Waals surface area contributed by atoms with Gasteiger partial charge in [-0.15, -0.1) is 0 Å². The van der Waals surface area contributed by atoms with Gasteiger partial charge in [0.1, 0.15) is 11.6 Å². The van der Waals surface area contributed by atoms with E-state index in [0.29, 0.717) is 36.5 Å². The second-order valence-electron chi connectivity index (χ2n) is 5.92. The minimum absolute atomic E-state index is 0.161. The number of hydrogen-bond donors (Lipinski definition) is 1. The molecule has 0 saturated carbocycles. The molecule has 0 bridgehead atoms. The molecule has 2 heterocycles. The summed E-state index contributed by atoms with van der Waals surface area (Å²) in [7, 11) is 0. The summed E-state index contributed by atoms with van der Waals surface area (Å²) in [5.41, 5.74) is 0. The van der Waals surface area contributed by atoms with Crippen molar-refractivity contribution in [3.63, 3.8) is 0 Å². The summed E-state index contributed by atoms with van der Waals surface area (Å²) in [5, 5.41) is 13.8. The van der Waals surface area contributed by atoms with Gasteiger partial charge in [-0.3, -0.25) is 4.90 Å². The van der Waals surface area contributed by atoms with Crippen LogP contribution in [0.15, 0.2) is 28.8 Å². The maximum Gasteiger partial charge on any atom is 0.240 e. The fourth-order valence-electron chi connectivity index (χ4n) is 2.54. The fourth-order valence-corrected chi connectivity index (χ4v) is 2.54. The predicted octanol–water partition coefficient (Wildman–Crippen LogP) is 1.99. The summed E-state index contributed by atoms with van der Waals surface area (Å²) in [6, 6.07) is 5.76. The Kier molecular flexibility index (Phi) is 4.88. The van der Waals surface area contributed by atoms with E-state index in [4.69, 9.17) is 9.26 Å². The number of ether oxygens (including phenoxy) is 1. The van der Waals surface area contributed by atoms with Crippen molar-refractivity contribution in [2.45, 2.75) is 32.6 Å². The van der Waals surface area contributed by atoms with Crippen molar-refractivity contribution in [1.82, 2.24) is 15.0 Å². The Hall–Kier alpha value is -1.99. The Morgan fingerprint density at radius 2 is 2.17 bits per heavy atom. The quantitative estimate of drug-likeness (QED) is 0.908. The maximum absolute atomic E-state index is 12.8. The summed E-state index contributed by atoms with van der Waals surface area (Å²) in [4.78, 5) is 6.38. The van der Waals surface area contributed by atoms with Crippen LogP contribution in [0.5, 0.6) is 5.75 Å². The van der Waals surface area contributed by atoms with Crippen LogP contribution in [0.1, 0.15) is 25.1 Å². The molecule has 0 amide bonds. The number of aromatic nitrogens is 2. The Morgan fingerprint density at radius 1 is 1.39 bits per heavy atom. The highest BCUT2D eigenvalue weighted by molar-refractivity contribution is 5.22. The van der Waals surface area contributed by atoms with Gasteiger partial charge < -0.3 is 14.4 Å². The third-order valence-electron chi connectivity index (χ3n) is 4.05. The summed E-state index contributed by atoms with van der Waals surface area (Å²) < 4.78 is 23.5. The lowest BCUT2D eigenvalue weighted by Crippen LogP contribution is -2.42. The van der Waals surface area contributed by atoms with E-state index >= 15 is 0 Å². The molecule has 7 heteroatoms. The number of β-amino-alcohol motifs (C(OH)–C–C–N with tert-alkyl or cyclic N) is 1. The Balaban J connectivity index is 1.51. The summed E-state index contributed by atoms with van der Waals surface area (Å²) in [6.07, 6.45) is 0.642. The summed E-state index contributed by atoms with van der Waals surface area (Å²) >= 11 is 0. The van der Waals surface area contributed by atoms with E-state index in [-0.39, 0.29) is 18.5 Å². The van der Waals surface area contributed by atoms with Gasteiger partial charge in [-0.2, -0.15) is 4.98 Å². The van der Waals surface area contributed by atoms with E-state index in [1.165, 1.54) is 12.1 Å². The average molecular weight is 321 g/mol. The standard InChI is InChI=1S/C16H20FN3O3/c1-11-6-7-20(8-14(11)21)9-16-18-15(19-23-16)10-22-13-4-2-12(17)3-5-13/h2-5,11,14,21H,6-10H2,1H3. The van der Waals surface area contributed by atoms with Crippen LogP contribution >= 0.6 is 0 Å². The van der Waals surface area contributed by atoms with E-state index in [1.807, 2.05) is 0 Å². The first kappa shape index (κ1) is 15.9. The normalized spacial score (nSPS) is 22.2. The molecule has 6 nitrogen and oxygen atoms in total. The average Bonchev–Trinajstić information content (AvgIpc) is 2.98. The zero-order valence-electron chi connectivity index (χ0n) is 13.0. The molecule has 2 aromatic rings. The molecule has 1 N–H and O–H groups in total. The second-order valence-corrected chi connectivity index (χ2v) is 5.92. The second kappa shape index (κ2) is 7.06. The number of nitrogens with zero attached hydrogens (tertiary/aromatic N) is 3. The summed E-state index contributed by atoms with van der Waals surface area (Å²) in [5.74, 6) is 1.51. The van der Waals surface area contributed by atoms with Crippen LogP contribution in [-0.4, -0.2) is 39.3 Å². The Labute approximate surface area is 133 Å². The number of rotatable bonds is 5. The first-order valence-electron chi connectivity index (χ1n) is 7.70. The predicted molar refractivity (Wildman–Crippen MR) is 80.1 cm³/mol. The third-order valence-corrected chi connectivity index (χ3v) is 4.05. The van der Waals surface area contributed by atoms with Gasteiger partial charge in [0.2, 0.25) is 11.7 Å². The van der Waals surface area contributed by atoms with Gasteiger partial charge in [0.25, 0.3) is 0 Å². The molecule has 2 unspecified atom stereocenters. The van der Waals surface area contributed by atoms with E-state index in [9.17, 15) is 9.50 Å². The zero-order chi connectivity index (χ0) is 16.2. The highest BCUT2D eigenvalue weighted by Crippen LogP contribution is 2.18. The molecule has 0 aliphatic carbocycles. The minimum atomic E-state index is -0.312. The van der Waals surface area contributed by atoms with Crippen LogP contribution in [0.25, 0.3) is 0 Å². The van der Waals surface area contributed by atoms with E-state index in [0.717, 1.165) is 13.0 Å². The van der Waals surface area contributed by atoms with Crippen molar-refractivity contribution in [2.75, 3.05) is 13.1 Å². The molecule has 23 heavy (non-hydrogen) atoms. The number of piperidine rings is 1. The number of hydrogen-bond acceptors (Lipinski definition) is 6. The Morgan fingerprint density at radius 3 is 2.91 bits per heavy atom. The number of halogens is 1. The fraction of sp³-hybridized carbons (Fsp3) is 0.500. The van der Waals surface area contributed by atoms with Gasteiger partial charge in [0.15, 0.2) is 6.61 Å². The van der Waals surface area contributed by atoms with Crippen molar-refractivity contribution in [3.05, 3.63) is 41.8 Å². The van der Waals surface area contributed by atoms with Crippen LogP contribution in [0.2, 0.25) is 0 Å². The van der Waals surface area contributed by atoms with Crippen molar-refractivity contribution in [3.8, 4) is 5.75 Å². The monoisotopic (exact) mass is 321 g/mol. The topological polar surface area (TPSA) is 71.6 Å². The van der Waals surface area contributed by atoms with Gasteiger partial charge in [0, 0.05) is 6.54 Å². The van der Waals surface area contributed by atoms with Crippen molar-refractivity contribution in [1.29, 1.82) is 0 Å². The molecule has 2 atom stereocenters. The minimum Gasteiger partial charge on any atom is -0.485 e. The maximum atomic E-state index is 12.8. The molecule has 1 aliphatic rings. The zero-order valence-corrected chi connectivity index (χ0v) is 13.0. The molecule has 1 fully saturated rings. The highest BCUT2D eigenvalue weighted by Gasteiger charge is 2.25. The molecule has 3 rings (SSSR count). The number of aliphatic hydroxyl groups excluding tert-OH is 1. The molecular formula is C16H20FN3O3. The lowest BCUT2D eigenvalue weighted by atomic mass is 9.96. The highest BCUT2D eigenvalue weighted by atomic mass is 19.1. The molecule has 1 aromatic heterocycles. The summed E-state index contributed by atoms with van der Waals surface area (Å²) in [6.45, 7) is 4.26. The van der Waals surface area contributed by atoms with Gasteiger partial charge >= 0.3 is 0 Å². The molecule has 1 aliphatic heterocycles. The first-order chi connectivity index (χ1) is 11.1. The lowest BCUT2D eigenvalue weighted by molar-refractivity contribution is 0.0220. The van der Waals surface area contributed by atoms with E-state index in [1.54, 1.807) is 12.1 Å². The SMILES string of the molecule is CC1CCN(Cc2nc(COc3ccc(F)cc3)no2)CC1O. The van der Waals surface area contributed by atoms with E-state index < -0.39 is 0 Å². The number of aliphatic hydroxyl groups is 1. The van der Waals surface area contributed by atoms with Crippen LogP contribution in [0, 0.1) is 11.7 Å². The van der Waals surface area contributed by atoms with Crippen LogP contribution < -0.4 is 4.74 Å². The van der Waals surface area contributed by atoms with Crippen molar-refractivity contribution >= 4 is 0 Å². The lowest BCUT2D eigenvalue weighted by Gasteiger charge is -2.33.